The van der Waals surface area contributed by atoms with E-state index in [4.69, 9.17) is 16.3 Å². The van der Waals surface area contributed by atoms with E-state index in [0.29, 0.717) is 23.3 Å². The van der Waals surface area contributed by atoms with Gasteiger partial charge in [-0.05, 0) is 60.1 Å². The van der Waals surface area contributed by atoms with E-state index in [9.17, 15) is 23.1 Å². The van der Waals surface area contributed by atoms with Gasteiger partial charge in [-0.3, -0.25) is 4.79 Å². The number of carbonyl (C=O) groups excluding carboxylic acids is 1. The van der Waals surface area contributed by atoms with Crippen molar-refractivity contribution in [1.29, 1.82) is 0 Å². The van der Waals surface area contributed by atoms with E-state index >= 15 is 0 Å². The molecule has 0 aromatic heterocycles. The van der Waals surface area contributed by atoms with Crippen LogP contribution in [-0.2, 0) is 17.4 Å². The van der Waals surface area contributed by atoms with Gasteiger partial charge in [0.15, 0.2) is 5.78 Å². The number of aliphatic hydroxyl groups excluding tert-OH is 1. The maximum Gasteiger partial charge on any atom is 0.417 e. The van der Waals surface area contributed by atoms with Gasteiger partial charge in [-0.25, -0.2) is 0 Å². The normalized spacial score (nSPS) is 24.4. The molecular formula is C26H26ClF3O3. The number of aryl methyl sites for hydroxylation is 1. The molecule has 2 aromatic rings. The van der Waals surface area contributed by atoms with Crippen LogP contribution in [0.2, 0.25) is 5.02 Å². The summed E-state index contributed by atoms with van der Waals surface area (Å²) in [5, 5.41) is 10.9. The number of benzene rings is 2. The maximum absolute atomic E-state index is 13.5. The van der Waals surface area contributed by atoms with E-state index in [1.807, 2.05) is 33.8 Å². The number of rotatable bonds is 4. The van der Waals surface area contributed by atoms with E-state index in [0.717, 1.165) is 30.5 Å². The molecule has 0 spiro atoms. The molecule has 1 fully saturated rings. The first-order chi connectivity index (χ1) is 15.3. The minimum absolute atomic E-state index is 0.0723. The van der Waals surface area contributed by atoms with E-state index in [-0.39, 0.29) is 28.6 Å². The Hall–Kier alpha value is -2.47. The number of hydrogen-bond donors (Lipinski definition) is 1. The molecule has 0 aliphatic heterocycles. The molecule has 4 rings (SSSR count). The zero-order chi connectivity index (χ0) is 24.3. The fourth-order valence-electron chi connectivity index (χ4n) is 5.30. The van der Waals surface area contributed by atoms with Crippen molar-refractivity contribution in [2.24, 2.45) is 16.7 Å². The van der Waals surface area contributed by atoms with Crippen LogP contribution in [-0.4, -0.2) is 10.9 Å². The smallest absolute Gasteiger partial charge is 0.417 e. The molecular weight excluding hydrogens is 453 g/mol. The van der Waals surface area contributed by atoms with Crippen molar-refractivity contribution >= 4 is 23.0 Å². The van der Waals surface area contributed by atoms with Gasteiger partial charge in [0.1, 0.15) is 17.3 Å². The predicted octanol–water partition coefficient (Wildman–Crippen LogP) is 8.01. The van der Waals surface area contributed by atoms with E-state index in [1.54, 1.807) is 12.1 Å². The van der Waals surface area contributed by atoms with Crippen molar-refractivity contribution < 1.29 is 27.8 Å². The van der Waals surface area contributed by atoms with Gasteiger partial charge in [-0.2, -0.15) is 13.2 Å². The minimum atomic E-state index is -4.56. The first-order valence-corrected chi connectivity index (χ1v) is 11.3. The highest BCUT2D eigenvalue weighted by Crippen LogP contribution is 2.64. The summed E-state index contributed by atoms with van der Waals surface area (Å²) < 4.78 is 44.8. The molecule has 0 radical (unpaired) electrons. The van der Waals surface area contributed by atoms with Crippen LogP contribution in [0, 0.1) is 16.7 Å². The molecule has 3 nitrogen and oxygen atoms in total. The molecule has 2 aliphatic rings. The van der Waals surface area contributed by atoms with Crippen LogP contribution >= 0.6 is 11.6 Å². The monoisotopic (exact) mass is 478 g/mol. The molecule has 2 bridgehead atoms. The number of ether oxygens (including phenoxy) is 1. The first-order valence-electron chi connectivity index (χ1n) is 11.0. The van der Waals surface area contributed by atoms with Crippen LogP contribution in [0.3, 0.4) is 0 Å². The minimum Gasteiger partial charge on any atom is -0.511 e. The van der Waals surface area contributed by atoms with Gasteiger partial charge in [0.05, 0.1) is 16.2 Å². The Labute approximate surface area is 196 Å². The molecule has 0 saturated heterocycles. The Balaban J connectivity index is 1.76. The Kier molecular flexibility index (Phi) is 5.59. The largest absolute Gasteiger partial charge is 0.511 e. The summed E-state index contributed by atoms with van der Waals surface area (Å²) in [5.41, 5.74) is 0.00755. The molecule has 1 N–H and O–H groups in total. The molecule has 1 saturated carbocycles. The maximum atomic E-state index is 13.5. The second-order valence-electron chi connectivity index (χ2n) is 9.65. The van der Waals surface area contributed by atoms with Crippen LogP contribution in [0.1, 0.15) is 57.2 Å². The number of Topliss-reactive ketones (excluding diaryl/α,β-unsaturated/α-hetero) is 1. The van der Waals surface area contributed by atoms with Gasteiger partial charge in [0.2, 0.25) is 0 Å². The molecule has 0 heterocycles. The fourth-order valence-corrected chi connectivity index (χ4v) is 5.57. The van der Waals surface area contributed by atoms with Crippen molar-refractivity contribution in [2.75, 3.05) is 0 Å². The topological polar surface area (TPSA) is 46.5 Å². The van der Waals surface area contributed by atoms with E-state index in [1.165, 1.54) is 6.07 Å². The summed E-state index contributed by atoms with van der Waals surface area (Å²) >= 11 is 5.82. The summed E-state index contributed by atoms with van der Waals surface area (Å²) in [7, 11) is 0. The Morgan fingerprint density at radius 2 is 1.76 bits per heavy atom. The summed E-state index contributed by atoms with van der Waals surface area (Å²) in [4.78, 5) is 13.5. The quantitative estimate of drug-likeness (QED) is 0.484. The van der Waals surface area contributed by atoms with Crippen molar-refractivity contribution in [1.82, 2.24) is 0 Å². The second kappa shape index (κ2) is 7.79. The number of aliphatic hydroxyl groups is 1. The summed E-state index contributed by atoms with van der Waals surface area (Å²) in [5.74, 6) is 0.335. The number of fused-ring (bicyclic) bond motifs is 2. The van der Waals surface area contributed by atoms with E-state index < -0.39 is 22.2 Å². The third-order valence-corrected chi connectivity index (χ3v) is 8.07. The highest BCUT2D eigenvalue weighted by Gasteiger charge is 2.61. The van der Waals surface area contributed by atoms with Crippen LogP contribution in [0.5, 0.6) is 11.5 Å². The second-order valence-corrected chi connectivity index (χ2v) is 10.1. The van der Waals surface area contributed by atoms with Gasteiger partial charge in [0, 0.05) is 17.4 Å². The highest BCUT2D eigenvalue weighted by molar-refractivity contribution is 6.31. The predicted molar refractivity (Wildman–Crippen MR) is 122 cm³/mol. The lowest BCUT2D eigenvalue weighted by Gasteiger charge is -2.45. The first kappa shape index (κ1) is 23.7. The Morgan fingerprint density at radius 1 is 1.12 bits per heavy atom. The highest BCUT2D eigenvalue weighted by atomic mass is 35.5. The molecule has 176 valence electrons. The van der Waals surface area contributed by atoms with E-state index in [2.05, 4.69) is 0 Å². The molecule has 33 heavy (non-hydrogen) atoms. The molecule has 0 amide bonds. The number of hydrogen-bond acceptors (Lipinski definition) is 3. The number of allylic oxidation sites excluding steroid dienone is 2. The van der Waals surface area contributed by atoms with Gasteiger partial charge in [0.25, 0.3) is 0 Å². The standard InChI is InChI=1S/C26H26ClF3O3/c1-5-14-6-7-15(33-16-8-9-18(20(27)13-16)26(28,29)30)12-17(14)21-22(31)19-10-11-25(4,23(21)32)24(19,2)3/h6-9,12-13,19,32H,5,10-11H2,1-4H3/t19-,25+/m0/s1. The zero-order valence-corrected chi connectivity index (χ0v) is 19.7. The third kappa shape index (κ3) is 3.63. The lowest BCUT2D eigenvalue weighted by Crippen LogP contribution is -2.43. The number of carbonyl (C=O) groups is 1. The number of alkyl halides is 3. The molecule has 2 atom stereocenters. The Bertz CT molecular complexity index is 1170. The van der Waals surface area contributed by atoms with Gasteiger partial charge in [-0.15, -0.1) is 0 Å². The molecule has 2 aliphatic carbocycles. The van der Waals surface area contributed by atoms with Crippen molar-refractivity contribution in [3.05, 3.63) is 63.9 Å². The fraction of sp³-hybridized carbons (Fsp3) is 0.423. The number of ketones is 1. The van der Waals surface area contributed by atoms with Crippen molar-refractivity contribution in [3.63, 3.8) is 0 Å². The van der Waals surface area contributed by atoms with Gasteiger partial charge < -0.3 is 9.84 Å². The van der Waals surface area contributed by atoms with Gasteiger partial charge >= 0.3 is 6.18 Å². The lowest BCUT2D eigenvalue weighted by molar-refractivity contribution is -0.137. The van der Waals surface area contributed by atoms with Crippen LogP contribution in [0.25, 0.3) is 5.57 Å². The van der Waals surface area contributed by atoms with Crippen LogP contribution in [0.4, 0.5) is 13.2 Å². The molecule has 2 aromatic carbocycles. The summed E-state index contributed by atoms with van der Waals surface area (Å²) in [6, 6.07) is 8.37. The third-order valence-electron chi connectivity index (χ3n) is 7.76. The van der Waals surface area contributed by atoms with Crippen molar-refractivity contribution in [3.8, 4) is 11.5 Å². The average molecular weight is 479 g/mol. The van der Waals surface area contributed by atoms with Crippen LogP contribution < -0.4 is 4.74 Å². The zero-order valence-electron chi connectivity index (χ0n) is 18.9. The summed E-state index contributed by atoms with van der Waals surface area (Å²) in [6.45, 7) is 8.03. The molecule has 0 unspecified atom stereocenters. The SMILES string of the molecule is CCc1ccc(Oc2ccc(C(F)(F)F)c(Cl)c2)cc1C1=C(O)[C@@]2(C)CC[C@@H](C1=O)C2(C)C. The average Bonchev–Trinajstić information content (AvgIpc) is 2.90. The van der Waals surface area contributed by atoms with Gasteiger partial charge in [-0.1, -0.05) is 45.4 Å². The van der Waals surface area contributed by atoms with Crippen LogP contribution in [0.15, 0.2) is 42.2 Å². The molecule has 7 heteroatoms. The Morgan fingerprint density at radius 3 is 2.36 bits per heavy atom. The summed E-state index contributed by atoms with van der Waals surface area (Å²) in [6.07, 6.45) is -2.47. The number of halogens is 4. The van der Waals surface area contributed by atoms with Crippen molar-refractivity contribution in [2.45, 2.75) is 53.1 Å². The lowest BCUT2D eigenvalue weighted by atomic mass is 9.58.